The van der Waals surface area contributed by atoms with E-state index in [0.717, 1.165) is 31.6 Å². The minimum absolute atomic E-state index is 0.114. The molecule has 3 atom stereocenters. The third kappa shape index (κ3) is 4.10. The summed E-state index contributed by atoms with van der Waals surface area (Å²) in [7, 11) is 0. The van der Waals surface area contributed by atoms with Gasteiger partial charge in [0.2, 0.25) is 0 Å². The van der Waals surface area contributed by atoms with E-state index in [1.165, 1.54) is 37.7 Å². The molecule has 0 saturated heterocycles. The smallest absolute Gasteiger partial charge is 0.0611 e. The average molecular weight is 328 g/mol. The number of aliphatic hydroxyl groups excluding tert-OH is 1. The summed E-state index contributed by atoms with van der Waals surface area (Å²) >= 11 is 0. The number of aliphatic hydroxyl groups is 1. The van der Waals surface area contributed by atoms with E-state index in [1.807, 2.05) is 0 Å². The summed E-state index contributed by atoms with van der Waals surface area (Å²) in [6.45, 7) is 2.31. The molecule has 2 nitrogen and oxygen atoms in total. The molecule has 0 spiro atoms. The highest BCUT2D eigenvalue weighted by Gasteiger charge is 2.36. The molecule has 2 aliphatic rings. The molecule has 1 aromatic carbocycles. The predicted molar refractivity (Wildman–Crippen MR) is 101 cm³/mol. The van der Waals surface area contributed by atoms with Crippen LogP contribution >= 0.6 is 0 Å². The van der Waals surface area contributed by atoms with Gasteiger partial charge in [0.25, 0.3) is 0 Å². The second-order valence-electron chi connectivity index (χ2n) is 8.05. The van der Waals surface area contributed by atoms with Gasteiger partial charge in [-0.3, -0.25) is 0 Å². The molecule has 3 rings (SSSR count). The van der Waals surface area contributed by atoms with E-state index in [-0.39, 0.29) is 12.1 Å². The Kier molecular flexibility index (Phi) is 5.78. The van der Waals surface area contributed by atoms with Crippen LogP contribution in [-0.2, 0) is 12.8 Å². The van der Waals surface area contributed by atoms with Gasteiger partial charge in [0.05, 0.1) is 6.61 Å². The third-order valence-corrected chi connectivity index (χ3v) is 6.13. The van der Waals surface area contributed by atoms with E-state index < -0.39 is 0 Å². The van der Waals surface area contributed by atoms with Crippen LogP contribution in [0, 0.1) is 5.92 Å². The molecule has 2 aliphatic carbocycles. The Hall–Kier alpha value is -1.12. The molecule has 2 heteroatoms. The Bertz CT molecular complexity index is 579. The highest BCUT2D eigenvalue weighted by Crippen LogP contribution is 2.40. The molecular formula is C22H33NO. The zero-order valence-electron chi connectivity index (χ0n) is 15.1. The Labute approximate surface area is 147 Å². The number of nitrogens with two attached hydrogens (primary N) is 1. The fourth-order valence-corrected chi connectivity index (χ4v) is 4.55. The molecular weight excluding hydrogens is 294 g/mol. The molecule has 1 aromatic rings. The summed E-state index contributed by atoms with van der Waals surface area (Å²) in [5.41, 5.74) is 10.5. The van der Waals surface area contributed by atoms with Crippen LogP contribution in [0.5, 0.6) is 0 Å². The number of hydrogen-bond acceptors (Lipinski definition) is 2. The van der Waals surface area contributed by atoms with Gasteiger partial charge in [0, 0.05) is 5.54 Å². The first-order chi connectivity index (χ1) is 11.6. The van der Waals surface area contributed by atoms with Crippen LogP contribution < -0.4 is 5.73 Å². The molecule has 0 heterocycles. The molecule has 0 aliphatic heterocycles. The van der Waals surface area contributed by atoms with Crippen LogP contribution in [0.1, 0.15) is 74.5 Å². The Morgan fingerprint density at radius 3 is 2.88 bits per heavy atom. The molecule has 1 unspecified atom stereocenters. The fraction of sp³-hybridized carbons (Fsp3) is 0.636. The van der Waals surface area contributed by atoms with Crippen LogP contribution in [0.4, 0.5) is 0 Å². The van der Waals surface area contributed by atoms with Crippen molar-refractivity contribution in [2.24, 2.45) is 11.7 Å². The minimum Gasteiger partial charge on any atom is -0.394 e. The van der Waals surface area contributed by atoms with Crippen molar-refractivity contribution >= 4 is 0 Å². The van der Waals surface area contributed by atoms with Crippen LogP contribution in [-0.4, -0.2) is 17.3 Å². The van der Waals surface area contributed by atoms with Crippen LogP contribution in [0.2, 0.25) is 0 Å². The van der Waals surface area contributed by atoms with Gasteiger partial charge >= 0.3 is 0 Å². The second-order valence-corrected chi connectivity index (χ2v) is 8.05. The first-order valence-electron chi connectivity index (χ1n) is 9.80. The zero-order valence-corrected chi connectivity index (χ0v) is 15.1. The first-order valence-corrected chi connectivity index (χ1v) is 9.80. The van der Waals surface area contributed by atoms with Crippen molar-refractivity contribution in [3.05, 3.63) is 47.0 Å². The number of aryl methyl sites for hydroxylation is 1. The van der Waals surface area contributed by atoms with Crippen molar-refractivity contribution in [2.45, 2.75) is 76.2 Å². The minimum atomic E-state index is -0.350. The van der Waals surface area contributed by atoms with Crippen molar-refractivity contribution in [3.8, 4) is 0 Å². The van der Waals surface area contributed by atoms with Crippen molar-refractivity contribution in [3.63, 3.8) is 0 Å². The predicted octanol–water partition coefficient (Wildman–Crippen LogP) is 4.50. The summed E-state index contributed by atoms with van der Waals surface area (Å²) in [4.78, 5) is 0. The zero-order chi connectivity index (χ0) is 17.0. The van der Waals surface area contributed by atoms with Crippen molar-refractivity contribution in [1.29, 1.82) is 0 Å². The van der Waals surface area contributed by atoms with Gasteiger partial charge in [-0.05, 0) is 86.3 Å². The van der Waals surface area contributed by atoms with Gasteiger partial charge in [0.15, 0.2) is 0 Å². The molecule has 0 bridgehead atoms. The van der Waals surface area contributed by atoms with E-state index in [2.05, 4.69) is 37.3 Å². The van der Waals surface area contributed by atoms with Crippen LogP contribution in [0.25, 0.3) is 0 Å². The maximum Gasteiger partial charge on any atom is 0.0611 e. The van der Waals surface area contributed by atoms with Crippen molar-refractivity contribution in [2.75, 3.05) is 6.61 Å². The lowest BCUT2D eigenvalue weighted by Crippen LogP contribution is -2.40. The molecule has 0 amide bonds. The number of hydrogen-bond donors (Lipinski definition) is 2. The van der Waals surface area contributed by atoms with E-state index >= 15 is 0 Å². The normalized spacial score (nSPS) is 30.0. The number of allylic oxidation sites excluding steroid dienone is 2. The fourth-order valence-electron chi connectivity index (χ4n) is 4.55. The standard InChI is InChI=1S/C22H33NO/c1-2-3-4-5-6-17-7-8-19-14-20(10-9-18(19)13-17)21-11-12-22(23,15-21)16-24/h3-4,9-10,14,17,21,24H,2,5-8,11-13,15-16,23H2,1H3/t17?,21-,22+/m0/s1. The SMILES string of the molecule is CCC=CCCC1CCc2cc([C@H]3CC[C@](N)(CO)C3)ccc2C1. The Morgan fingerprint density at radius 1 is 1.25 bits per heavy atom. The lowest BCUT2D eigenvalue weighted by atomic mass is 9.80. The third-order valence-electron chi connectivity index (χ3n) is 6.13. The summed E-state index contributed by atoms with van der Waals surface area (Å²) in [6, 6.07) is 7.14. The summed E-state index contributed by atoms with van der Waals surface area (Å²) in [5.74, 6) is 1.38. The van der Waals surface area contributed by atoms with Gasteiger partial charge in [-0.1, -0.05) is 37.3 Å². The highest BCUT2D eigenvalue weighted by atomic mass is 16.3. The summed E-state index contributed by atoms with van der Waals surface area (Å²) in [5, 5.41) is 9.49. The Balaban J connectivity index is 1.61. The maximum atomic E-state index is 9.49. The topological polar surface area (TPSA) is 46.2 Å². The van der Waals surface area contributed by atoms with E-state index in [0.29, 0.717) is 5.92 Å². The quantitative estimate of drug-likeness (QED) is 0.756. The lowest BCUT2D eigenvalue weighted by molar-refractivity contribution is 0.198. The summed E-state index contributed by atoms with van der Waals surface area (Å²) < 4.78 is 0. The number of rotatable bonds is 6. The largest absolute Gasteiger partial charge is 0.394 e. The monoisotopic (exact) mass is 327 g/mol. The van der Waals surface area contributed by atoms with Gasteiger partial charge < -0.3 is 10.8 Å². The van der Waals surface area contributed by atoms with Crippen LogP contribution in [0.3, 0.4) is 0 Å². The lowest BCUT2D eigenvalue weighted by Gasteiger charge is -2.26. The van der Waals surface area contributed by atoms with Gasteiger partial charge in [-0.15, -0.1) is 0 Å². The maximum absolute atomic E-state index is 9.49. The number of fused-ring (bicyclic) bond motifs is 1. The molecule has 1 saturated carbocycles. The van der Waals surface area contributed by atoms with Gasteiger partial charge in [0.1, 0.15) is 0 Å². The van der Waals surface area contributed by atoms with Gasteiger partial charge in [-0.25, -0.2) is 0 Å². The molecule has 1 fully saturated rings. The van der Waals surface area contributed by atoms with Crippen molar-refractivity contribution < 1.29 is 5.11 Å². The van der Waals surface area contributed by atoms with E-state index in [4.69, 9.17) is 5.73 Å². The van der Waals surface area contributed by atoms with Gasteiger partial charge in [-0.2, -0.15) is 0 Å². The average Bonchev–Trinajstić information content (AvgIpc) is 3.01. The second kappa shape index (κ2) is 7.84. The molecule has 0 radical (unpaired) electrons. The van der Waals surface area contributed by atoms with E-state index in [9.17, 15) is 5.11 Å². The Morgan fingerprint density at radius 2 is 2.12 bits per heavy atom. The van der Waals surface area contributed by atoms with Crippen LogP contribution in [0.15, 0.2) is 30.4 Å². The highest BCUT2D eigenvalue weighted by molar-refractivity contribution is 5.36. The molecule has 24 heavy (non-hydrogen) atoms. The van der Waals surface area contributed by atoms with E-state index in [1.54, 1.807) is 11.1 Å². The molecule has 132 valence electrons. The molecule has 0 aromatic heterocycles. The molecule has 3 N–H and O–H groups in total. The van der Waals surface area contributed by atoms with Crippen molar-refractivity contribution in [1.82, 2.24) is 0 Å². The number of benzene rings is 1. The summed E-state index contributed by atoms with van der Waals surface area (Å²) in [6.07, 6.45) is 15.1. The first kappa shape index (κ1) is 17.7.